The molecule has 1 aromatic rings. The molecule has 1 aromatic carbocycles. The third-order valence-electron chi connectivity index (χ3n) is 7.92. The van der Waals surface area contributed by atoms with Crippen LogP contribution in [0.1, 0.15) is 57.1 Å². The molecule has 0 heterocycles. The molecule has 1 spiro atoms. The third kappa shape index (κ3) is 1.37. The monoisotopic (exact) mass is 306 g/mol. The number of rotatable bonds is 1. The molecule has 0 saturated heterocycles. The van der Waals surface area contributed by atoms with Crippen molar-refractivity contribution >= 4 is 5.57 Å². The van der Waals surface area contributed by atoms with Gasteiger partial charge in [0.25, 0.3) is 0 Å². The van der Waals surface area contributed by atoms with E-state index in [0.717, 1.165) is 5.75 Å². The zero-order valence-corrected chi connectivity index (χ0v) is 14.6. The minimum absolute atomic E-state index is 0.352. The van der Waals surface area contributed by atoms with Crippen LogP contribution >= 0.6 is 0 Å². The number of benzene rings is 1. The van der Waals surface area contributed by atoms with Crippen molar-refractivity contribution in [1.82, 2.24) is 0 Å². The van der Waals surface area contributed by atoms with Gasteiger partial charge in [0.05, 0.1) is 7.11 Å². The fourth-order valence-electron chi connectivity index (χ4n) is 6.68. The Morgan fingerprint density at radius 1 is 1.13 bits per heavy atom. The summed E-state index contributed by atoms with van der Waals surface area (Å²) >= 11 is 0. The lowest BCUT2D eigenvalue weighted by Gasteiger charge is -2.46. The Balaban J connectivity index is 1.70. The van der Waals surface area contributed by atoms with E-state index < -0.39 is 0 Å². The second-order valence-corrected chi connectivity index (χ2v) is 8.74. The topological polar surface area (TPSA) is 9.23 Å². The summed E-state index contributed by atoms with van der Waals surface area (Å²) in [6.45, 7) is 9.53. The summed E-state index contributed by atoms with van der Waals surface area (Å²) < 4.78 is 5.43. The van der Waals surface area contributed by atoms with Crippen molar-refractivity contribution in [2.75, 3.05) is 7.11 Å². The molecule has 0 amide bonds. The summed E-state index contributed by atoms with van der Waals surface area (Å²) in [7, 11) is 1.76. The molecule has 2 saturated carbocycles. The lowest BCUT2D eigenvalue weighted by molar-refractivity contribution is 0.216. The Kier molecular flexibility index (Phi) is 2.38. The Morgan fingerprint density at radius 2 is 1.96 bits per heavy atom. The Hall–Kier alpha value is -1.50. The van der Waals surface area contributed by atoms with Crippen LogP contribution in [0.4, 0.5) is 0 Å². The fourth-order valence-corrected chi connectivity index (χ4v) is 6.68. The molecule has 2 fully saturated rings. The molecule has 0 aromatic heterocycles. The molecule has 5 rings (SSSR count). The summed E-state index contributed by atoms with van der Waals surface area (Å²) in [5.41, 5.74) is 9.27. The Morgan fingerprint density at radius 3 is 2.74 bits per heavy atom. The van der Waals surface area contributed by atoms with Gasteiger partial charge in [-0.1, -0.05) is 37.6 Å². The molecule has 4 aliphatic carbocycles. The second-order valence-electron chi connectivity index (χ2n) is 8.74. The number of aryl methyl sites for hydroxylation is 1. The Labute approximate surface area is 139 Å². The number of hydrogen-bond acceptors (Lipinski definition) is 1. The van der Waals surface area contributed by atoms with Gasteiger partial charge >= 0.3 is 0 Å². The molecule has 3 atom stereocenters. The van der Waals surface area contributed by atoms with Gasteiger partial charge in [0, 0.05) is 5.41 Å². The molecular formula is C22H26O. The molecule has 0 bridgehead atoms. The van der Waals surface area contributed by atoms with Crippen molar-refractivity contribution in [3.8, 4) is 5.75 Å². The summed E-state index contributed by atoms with van der Waals surface area (Å²) in [6, 6.07) is 6.70. The van der Waals surface area contributed by atoms with E-state index in [1.807, 2.05) is 0 Å². The normalized spacial score (nSPS) is 40.2. The summed E-state index contributed by atoms with van der Waals surface area (Å²) in [5, 5.41) is 0. The zero-order valence-electron chi connectivity index (χ0n) is 14.6. The van der Waals surface area contributed by atoms with Gasteiger partial charge in [-0.3, -0.25) is 0 Å². The molecule has 0 aliphatic heterocycles. The van der Waals surface area contributed by atoms with Crippen molar-refractivity contribution in [3.63, 3.8) is 0 Å². The summed E-state index contributed by atoms with van der Waals surface area (Å²) in [5.74, 6) is 0.997. The number of ether oxygens (including phenoxy) is 1. The van der Waals surface area contributed by atoms with Gasteiger partial charge in [-0.2, -0.15) is 0 Å². The standard InChI is InChI=1S/C22H26O/c1-14-12-20(2)13-22(20)19-8-5-15-11-16(23-4)6-7-17(15)18(19)9-10-21(14,22)3/h6-7,11H,1,5,8-10,12-13H2,2-4H3/t20-,21-,22-/m1/s1. The first kappa shape index (κ1) is 13.9. The predicted molar refractivity (Wildman–Crippen MR) is 94.5 cm³/mol. The fraction of sp³-hybridized carbons (Fsp3) is 0.545. The van der Waals surface area contributed by atoms with Crippen molar-refractivity contribution in [2.45, 2.75) is 52.4 Å². The second kappa shape index (κ2) is 3.94. The predicted octanol–water partition coefficient (Wildman–Crippen LogP) is 5.55. The van der Waals surface area contributed by atoms with Gasteiger partial charge in [0.2, 0.25) is 0 Å². The van der Waals surface area contributed by atoms with Crippen LogP contribution in [0.5, 0.6) is 5.75 Å². The van der Waals surface area contributed by atoms with Gasteiger partial charge in [0.1, 0.15) is 5.75 Å². The average Bonchev–Trinajstić information content (AvgIpc) is 3.11. The minimum atomic E-state index is 0.352. The summed E-state index contributed by atoms with van der Waals surface area (Å²) in [4.78, 5) is 0. The van der Waals surface area contributed by atoms with Gasteiger partial charge in [-0.05, 0) is 78.2 Å². The van der Waals surface area contributed by atoms with Gasteiger partial charge < -0.3 is 4.74 Å². The van der Waals surface area contributed by atoms with Gasteiger partial charge in [-0.25, -0.2) is 0 Å². The van der Waals surface area contributed by atoms with E-state index in [2.05, 4.69) is 38.6 Å². The van der Waals surface area contributed by atoms with Crippen molar-refractivity contribution in [2.24, 2.45) is 16.2 Å². The maximum atomic E-state index is 5.43. The number of allylic oxidation sites excluding steroid dienone is 3. The largest absolute Gasteiger partial charge is 0.497 e. The number of hydrogen-bond donors (Lipinski definition) is 0. The molecule has 0 unspecified atom stereocenters. The van der Waals surface area contributed by atoms with E-state index in [4.69, 9.17) is 4.74 Å². The number of fused-ring (bicyclic) bond motifs is 2. The smallest absolute Gasteiger partial charge is 0.119 e. The van der Waals surface area contributed by atoms with Crippen LogP contribution < -0.4 is 4.74 Å². The molecule has 0 radical (unpaired) electrons. The zero-order chi connectivity index (χ0) is 16.0. The van der Waals surface area contributed by atoms with Gasteiger partial charge in [0.15, 0.2) is 0 Å². The highest BCUT2D eigenvalue weighted by molar-refractivity contribution is 5.78. The highest BCUT2D eigenvalue weighted by Crippen LogP contribution is 2.87. The molecule has 23 heavy (non-hydrogen) atoms. The third-order valence-corrected chi connectivity index (χ3v) is 7.92. The van der Waals surface area contributed by atoms with Crippen molar-refractivity contribution < 1.29 is 4.74 Å². The SMILES string of the molecule is C=C1C[C@]2(C)C[C@@]23C2=C(CC[C@]13C)c1ccc(OC)cc1CC2. The first-order valence-corrected chi connectivity index (χ1v) is 9.03. The van der Waals surface area contributed by atoms with Crippen LogP contribution in [-0.2, 0) is 6.42 Å². The average molecular weight is 306 g/mol. The quantitative estimate of drug-likeness (QED) is 0.618. The number of methoxy groups -OCH3 is 1. The Bertz CT molecular complexity index is 785. The minimum Gasteiger partial charge on any atom is -0.497 e. The van der Waals surface area contributed by atoms with E-state index in [1.165, 1.54) is 55.2 Å². The highest BCUT2D eigenvalue weighted by atomic mass is 16.5. The lowest BCUT2D eigenvalue weighted by atomic mass is 9.58. The van der Waals surface area contributed by atoms with Crippen LogP contribution in [0.15, 0.2) is 35.9 Å². The first-order valence-electron chi connectivity index (χ1n) is 9.03. The van der Waals surface area contributed by atoms with E-state index in [9.17, 15) is 0 Å². The van der Waals surface area contributed by atoms with Gasteiger partial charge in [-0.15, -0.1) is 0 Å². The van der Waals surface area contributed by atoms with Crippen LogP contribution in [0.3, 0.4) is 0 Å². The van der Waals surface area contributed by atoms with Crippen molar-refractivity contribution in [1.29, 1.82) is 0 Å². The molecule has 1 nitrogen and oxygen atoms in total. The molecule has 4 aliphatic rings. The maximum Gasteiger partial charge on any atom is 0.119 e. The van der Waals surface area contributed by atoms with Crippen molar-refractivity contribution in [3.05, 3.63) is 47.1 Å². The molecule has 1 heteroatoms. The maximum absolute atomic E-state index is 5.43. The van der Waals surface area contributed by atoms with E-state index in [1.54, 1.807) is 18.3 Å². The first-order chi connectivity index (χ1) is 11.0. The highest BCUT2D eigenvalue weighted by Gasteiger charge is 2.78. The molecular weight excluding hydrogens is 280 g/mol. The lowest BCUT2D eigenvalue weighted by Crippen LogP contribution is -2.35. The summed E-state index contributed by atoms with van der Waals surface area (Å²) in [6.07, 6.45) is 7.56. The van der Waals surface area contributed by atoms with Crippen LogP contribution in [0.2, 0.25) is 0 Å². The van der Waals surface area contributed by atoms with Crippen LogP contribution in [0.25, 0.3) is 5.57 Å². The molecule has 120 valence electrons. The van der Waals surface area contributed by atoms with Crippen LogP contribution in [0, 0.1) is 16.2 Å². The van der Waals surface area contributed by atoms with E-state index in [-0.39, 0.29) is 0 Å². The molecule has 0 N–H and O–H groups in total. The van der Waals surface area contributed by atoms with E-state index >= 15 is 0 Å². The van der Waals surface area contributed by atoms with E-state index in [0.29, 0.717) is 16.2 Å². The van der Waals surface area contributed by atoms with Crippen LogP contribution in [-0.4, -0.2) is 7.11 Å².